The number of nitrogens with one attached hydrogen (secondary N) is 1. The molecule has 2 rings (SSSR count). The van der Waals surface area contributed by atoms with Gasteiger partial charge in [0.25, 0.3) is 0 Å². The maximum atomic E-state index is 11.1. The summed E-state index contributed by atoms with van der Waals surface area (Å²) < 4.78 is 5.33. The smallest absolute Gasteiger partial charge is 0.310 e. The largest absolute Gasteiger partial charge is 0.494 e. The zero-order valence-electron chi connectivity index (χ0n) is 11.4. The molecule has 0 radical (unpaired) electrons. The van der Waals surface area contributed by atoms with Crippen LogP contribution in [0.1, 0.15) is 12.5 Å². The van der Waals surface area contributed by atoms with Gasteiger partial charge in [-0.3, -0.25) is 10.1 Å². The molecular formula is C15H13N3O3. The second kappa shape index (κ2) is 6.39. The molecule has 0 spiro atoms. The van der Waals surface area contributed by atoms with Gasteiger partial charge < -0.3 is 10.1 Å². The van der Waals surface area contributed by atoms with Crippen LogP contribution in [-0.4, -0.2) is 11.5 Å². The highest BCUT2D eigenvalue weighted by molar-refractivity contribution is 5.74. The van der Waals surface area contributed by atoms with E-state index in [-0.39, 0.29) is 16.9 Å². The number of para-hydroxylation sites is 1. The lowest BCUT2D eigenvalue weighted by Gasteiger charge is -2.09. The minimum Gasteiger partial charge on any atom is -0.494 e. The SMILES string of the molecule is CCOc1ccc(Nc2cccc(C#N)c2[N+](=O)[O-])cc1. The van der Waals surface area contributed by atoms with Crippen molar-refractivity contribution in [3.05, 3.63) is 58.1 Å². The van der Waals surface area contributed by atoms with Crippen molar-refractivity contribution in [2.24, 2.45) is 0 Å². The Kier molecular flexibility index (Phi) is 4.36. The summed E-state index contributed by atoms with van der Waals surface area (Å²) in [7, 11) is 0. The van der Waals surface area contributed by atoms with Gasteiger partial charge in [-0.25, -0.2) is 0 Å². The third kappa shape index (κ3) is 3.28. The first-order valence-corrected chi connectivity index (χ1v) is 6.33. The van der Waals surface area contributed by atoms with Crippen LogP contribution in [0.4, 0.5) is 17.1 Å². The molecule has 0 bridgehead atoms. The molecule has 6 nitrogen and oxygen atoms in total. The van der Waals surface area contributed by atoms with Gasteiger partial charge in [0.1, 0.15) is 23.1 Å². The van der Waals surface area contributed by atoms with Gasteiger partial charge in [-0.05, 0) is 43.3 Å². The van der Waals surface area contributed by atoms with Crippen molar-refractivity contribution in [1.29, 1.82) is 5.26 Å². The highest BCUT2D eigenvalue weighted by Crippen LogP contribution is 2.31. The fraction of sp³-hybridized carbons (Fsp3) is 0.133. The Hall–Kier alpha value is -3.07. The normalized spacial score (nSPS) is 9.71. The lowest BCUT2D eigenvalue weighted by atomic mass is 10.1. The lowest BCUT2D eigenvalue weighted by Crippen LogP contribution is -1.99. The number of rotatable bonds is 5. The molecule has 2 aromatic carbocycles. The van der Waals surface area contributed by atoms with Gasteiger partial charge in [-0.2, -0.15) is 5.26 Å². The molecule has 1 N–H and O–H groups in total. The predicted octanol–water partition coefficient (Wildman–Crippen LogP) is 3.61. The maximum Gasteiger partial charge on any atom is 0.310 e. The van der Waals surface area contributed by atoms with Crippen LogP contribution in [0.3, 0.4) is 0 Å². The zero-order chi connectivity index (χ0) is 15.2. The summed E-state index contributed by atoms with van der Waals surface area (Å²) in [5.74, 6) is 0.725. The molecule has 0 heterocycles. The molecule has 0 amide bonds. The number of ether oxygens (including phenoxy) is 1. The number of nitriles is 1. The fourth-order valence-corrected chi connectivity index (χ4v) is 1.89. The standard InChI is InChI=1S/C15H13N3O3/c1-2-21-13-8-6-12(7-9-13)17-14-5-3-4-11(10-16)15(14)18(19)20/h3-9,17H,2H2,1H3. The van der Waals surface area contributed by atoms with E-state index in [0.29, 0.717) is 12.3 Å². The Labute approximate surface area is 121 Å². The summed E-state index contributed by atoms with van der Waals surface area (Å²) in [6, 6.07) is 13.5. The molecule has 0 atom stereocenters. The summed E-state index contributed by atoms with van der Waals surface area (Å²) in [6.07, 6.45) is 0. The van der Waals surface area contributed by atoms with E-state index < -0.39 is 4.92 Å². The molecule has 0 aromatic heterocycles. The van der Waals surface area contributed by atoms with Gasteiger partial charge in [0.05, 0.1) is 11.5 Å². The molecule has 2 aromatic rings. The van der Waals surface area contributed by atoms with Crippen molar-refractivity contribution in [3.63, 3.8) is 0 Å². The van der Waals surface area contributed by atoms with Crippen LogP contribution >= 0.6 is 0 Å². The maximum absolute atomic E-state index is 11.1. The highest BCUT2D eigenvalue weighted by Gasteiger charge is 2.19. The molecule has 0 unspecified atom stereocenters. The number of nitro groups is 1. The average molecular weight is 283 g/mol. The van der Waals surface area contributed by atoms with Crippen LogP contribution in [0.2, 0.25) is 0 Å². The van der Waals surface area contributed by atoms with Crippen molar-refractivity contribution in [3.8, 4) is 11.8 Å². The molecule has 0 aliphatic rings. The molecular weight excluding hydrogens is 270 g/mol. The fourth-order valence-electron chi connectivity index (χ4n) is 1.89. The van der Waals surface area contributed by atoms with Crippen molar-refractivity contribution in [2.45, 2.75) is 6.92 Å². The van der Waals surface area contributed by atoms with E-state index in [1.54, 1.807) is 36.4 Å². The number of benzene rings is 2. The van der Waals surface area contributed by atoms with E-state index >= 15 is 0 Å². The monoisotopic (exact) mass is 283 g/mol. The van der Waals surface area contributed by atoms with Crippen molar-refractivity contribution in [1.82, 2.24) is 0 Å². The molecule has 0 saturated carbocycles. The summed E-state index contributed by atoms with van der Waals surface area (Å²) in [5.41, 5.74) is 0.754. The first-order valence-electron chi connectivity index (χ1n) is 6.33. The molecule has 0 fully saturated rings. The number of nitrogens with zero attached hydrogens (tertiary/aromatic N) is 2. The Morgan fingerprint density at radius 2 is 2.00 bits per heavy atom. The summed E-state index contributed by atoms with van der Waals surface area (Å²) in [4.78, 5) is 10.6. The number of hydrogen-bond donors (Lipinski definition) is 1. The Balaban J connectivity index is 2.31. The summed E-state index contributed by atoms with van der Waals surface area (Å²) >= 11 is 0. The van der Waals surface area contributed by atoms with Crippen molar-refractivity contribution in [2.75, 3.05) is 11.9 Å². The lowest BCUT2D eigenvalue weighted by molar-refractivity contribution is -0.384. The van der Waals surface area contributed by atoms with Gasteiger partial charge in [-0.15, -0.1) is 0 Å². The third-order valence-electron chi connectivity index (χ3n) is 2.78. The van der Waals surface area contributed by atoms with E-state index in [9.17, 15) is 10.1 Å². The molecule has 21 heavy (non-hydrogen) atoms. The van der Waals surface area contributed by atoms with Crippen LogP contribution in [-0.2, 0) is 0 Å². The van der Waals surface area contributed by atoms with Crippen molar-refractivity contribution >= 4 is 17.1 Å². The topological polar surface area (TPSA) is 88.2 Å². The van der Waals surface area contributed by atoms with E-state index in [4.69, 9.17) is 10.00 Å². The average Bonchev–Trinajstić information content (AvgIpc) is 2.49. The molecule has 106 valence electrons. The summed E-state index contributed by atoms with van der Waals surface area (Å²) in [5, 5.41) is 23.0. The zero-order valence-corrected chi connectivity index (χ0v) is 11.4. The van der Waals surface area contributed by atoms with E-state index in [1.807, 2.05) is 13.0 Å². The Bertz CT molecular complexity index is 690. The number of hydrogen-bond acceptors (Lipinski definition) is 5. The second-order valence-electron chi connectivity index (χ2n) is 4.15. The van der Waals surface area contributed by atoms with Crippen molar-refractivity contribution < 1.29 is 9.66 Å². The second-order valence-corrected chi connectivity index (χ2v) is 4.15. The third-order valence-corrected chi connectivity index (χ3v) is 2.78. The van der Waals surface area contributed by atoms with E-state index in [0.717, 1.165) is 5.75 Å². The molecule has 0 saturated heterocycles. The van der Waals surface area contributed by atoms with Crippen LogP contribution in [0.25, 0.3) is 0 Å². The van der Waals surface area contributed by atoms with Gasteiger partial charge in [0.2, 0.25) is 0 Å². The van der Waals surface area contributed by atoms with Gasteiger partial charge in [0, 0.05) is 5.69 Å². The number of nitro benzene ring substituents is 1. The van der Waals surface area contributed by atoms with Crippen LogP contribution < -0.4 is 10.1 Å². The van der Waals surface area contributed by atoms with Gasteiger partial charge in [-0.1, -0.05) is 6.07 Å². The van der Waals surface area contributed by atoms with Gasteiger partial charge >= 0.3 is 5.69 Å². The predicted molar refractivity (Wildman–Crippen MR) is 78.7 cm³/mol. The Morgan fingerprint density at radius 1 is 1.29 bits per heavy atom. The minimum atomic E-state index is -0.560. The first-order chi connectivity index (χ1) is 10.2. The quantitative estimate of drug-likeness (QED) is 0.669. The van der Waals surface area contributed by atoms with E-state index in [1.165, 1.54) is 6.07 Å². The molecule has 6 heteroatoms. The van der Waals surface area contributed by atoms with Crippen LogP contribution in [0.5, 0.6) is 5.75 Å². The minimum absolute atomic E-state index is 0.0240. The summed E-state index contributed by atoms with van der Waals surface area (Å²) in [6.45, 7) is 2.46. The number of anilines is 2. The molecule has 0 aliphatic carbocycles. The van der Waals surface area contributed by atoms with E-state index in [2.05, 4.69) is 5.32 Å². The Morgan fingerprint density at radius 3 is 2.57 bits per heavy atom. The van der Waals surface area contributed by atoms with Crippen LogP contribution in [0.15, 0.2) is 42.5 Å². The van der Waals surface area contributed by atoms with Gasteiger partial charge in [0.15, 0.2) is 0 Å². The highest BCUT2D eigenvalue weighted by atomic mass is 16.6. The first kappa shape index (κ1) is 14.3. The van der Waals surface area contributed by atoms with Crippen LogP contribution in [0, 0.1) is 21.4 Å². The molecule has 0 aliphatic heterocycles.